The third kappa shape index (κ3) is 1.50. The van der Waals surface area contributed by atoms with Crippen molar-refractivity contribution in [2.45, 2.75) is 13.8 Å². The fraction of sp³-hybridized carbons (Fsp3) is 0.133. The van der Waals surface area contributed by atoms with Crippen LogP contribution in [0.4, 0.5) is 0 Å². The minimum atomic E-state index is 0.872. The van der Waals surface area contributed by atoms with E-state index in [4.69, 9.17) is 0 Å². The SMILES string of the molecule is Cc1nnc2c3c(-c4ccccc4)csc3nc(C)n12. The molecule has 0 aliphatic heterocycles. The Kier molecular flexibility index (Phi) is 2.37. The van der Waals surface area contributed by atoms with Crippen LogP contribution in [-0.4, -0.2) is 19.6 Å². The Morgan fingerprint density at radius 2 is 1.80 bits per heavy atom. The van der Waals surface area contributed by atoms with Crippen LogP contribution < -0.4 is 0 Å². The van der Waals surface area contributed by atoms with Gasteiger partial charge in [0.1, 0.15) is 16.5 Å². The van der Waals surface area contributed by atoms with Gasteiger partial charge in [-0.3, -0.25) is 4.40 Å². The van der Waals surface area contributed by atoms with Crippen molar-refractivity contribution in [1.29, 1.82) is 0 Å². The molecule has 0 N–H and O–H groups in total. The number of rotatable bonds is 1. The standard InChI is InChI=1S/C15H12N4S/c1-9-16-15-13(14-18-17-10(2)19(9)14)12(8-20-15)11-6-4-3-5-7-11/h3-8H,1-2H3. The molecule has 0 saturated heterocycles. The van der Waals surface area contributed by atoms with Crippen molar-refractivity contribution in [2.24, 2.45) is 0 Å². The molecule has 4 aromatic rings. The quantitative estimate of drug-likeness (QED) is 0.535. The normalized spacial score (nSPS) is 11.5. The predicted molar refractivity (Wildman–Crippen MR) is 81.1 cm³/mol. The van der Waals surface area contributed by atoms with Crippen LogP contribution in [0.25, 0.3) is 27.0 Å². The van der Waals surface area contributed by atoms with E-state index in [1.165, 1.54) is 11.1 Å². The van der Waals surface area contributed by atoms with Gasteiger partial charge in [0.25, 0.3) is 0 Å². The number of fused-ring (bicyclic) bond motifs is 3. The minimum absolute atomic E-state index is 0.872. The van der Waals surface area contributed by atoms with Gasteiger partial charge < -0.3 is 0 Å². The van der Waals surface area contributed by atoms with Gasteiger partial charge in [0, 0.05) is 10.9 Å². The Morgan fingerprint density at radius 1 is 1.00 bits per heavy atom. The van der Waals surface area contributed by atoms with Gasteiger partial charge in [-0.1, -0.05) is 30.3 Å². The molecule has 3 aromatic heterocycles. The lowest BCUT2D eigenvalue weighted by atomic mass is 10.1. The first-order valence-electron chi connectivity index (χ1n) is 6.40. The average molecular weight is 280 g/mol. The zero-order valence-electron chi connectivity index (χ0n) is 11.2. The molecule has 0 atom stereocenters. The first-order valence-corrected chi connectivity index (χ1v) is 7.28. The van der Waals surface area contributed by atoms with Crippen LogP contribution in [0, 0.1) is 13.8 Å². The molecule has 3 heterocycles. The topological polar surface area (TPSA) is 43.1 Å². The van der Waals surface area contributed by atoms with Crippen LogP contribution in [0.2, 0.25) is 0 Å². The summed E-state index contributed by atoms with van der Waals surface area (Å²) in [6.45, 7) is 3.94. The Morgan fingerprint density at radius 3 is 2.60 bits per heavy atom. The maximum atomic E-state index is 4.68. The van der Waals surface area contributed by atoms with E-state index < -0.39 is 0 Å². The fourth-order valence-electron chi connectivity index (χ4n) is 2.58. The maximum Gasteiger partial charge on any atom is 0.173 e. The van der Waals surface area contributed by atoms with Crippen molar-refractivity contribution < 1.29 is 0 Å². The molecule has 5 heteroatoms. The zero-order chi connectivity index (χ0) is 13.7. The van der Waals surface area contributed by atoms with E-state index in [0.29, 0.717) is 0 Å². The summed E-state index contributed by atoms with van der Waals surface area (Å²) in [6, 6.07) is 10.3. The maximum absolute atomic E-state index is 4.68. The number of benzene rings is 1. The van der Waals surface area contributed by atoms with Crippen LogP contribution in [-0.2, 0) is 0 Å². The summed E-state index contributed by atoms with van der Waals surface area (Å²) in [5.41, 5.74) is 3.26. The minimum Gasteiger partial charge on any atom is -0.266 e. The van der Waals surface area contributed by atoms with E-state index in [1.807, 2.05) is 36.4 Å². The average Bonchev–Trinajstić information content (AvgIpc) is 3.04. The third-order valence-corrected chi connectivity index (χ3v) is 4.36. The first-order chi connectivity index (χ1) is 9.75. The number of hydrogen-bond donors (Lipinski definition) is 0. The number of aromatic nitrogens is 4. The van der Waals surface area contributed by atoms with Gasteiger partial charge >= 0.3 is 0 Å². The highest BCUT2D eigenvalue weighted by Gasteiger charge is 2.16. The summed E-state index contributed by atoms with van der Waals surface area (Å²) in [4.78, 5) is 5.70. The van der Waals surface area contributed by atoms with Crippen molar-refractivity contribution in [3.05, 3.63) is 47.4 Å². The van der Waals surface area contributed by atoms with Crippen molar-refractivity contribution in [3.8, 4) is 11.1 Å². The number of thiophene rings is 1. The lowest BCUT2D eigenvalue weighted by Crippen LogP contribution is -1.97. The number of hydrogen-bond acceptors (Lipinski definition) is 4. The predicted octanol–water partition coefficient (Wildman–Crippen LogP) is 3.62. The highest BCUT2D eigenvalue weighted by atomic mass is 32.1. The molecule has 0 aliphatic carbocycles. The molecule has 0 spiro atoms. The van der Waals surface area contributed by atoms with Crippen molar-refractivity contribution >= 4 is 27.2 Å². The van der Waals surface area contributed by atoms with Gasteiger partial charge in [-0.25, -0.2) is 4.98 Å². The molecule has 0 unspecified atom stereocenters. The molecule has 0 saturated carbocycles. The Hall–Kier alpha value is -2.27. The van der Waals surface area contributed by atoms with Gasteiger partial charge in [0.2, 0.25) is 0 Å². The van der Waals surface area contributed by atoms with Crippen LogP contribution in [0.15, 0.2) is 35.7 Å². The molecule has 0 bridgehead atoms. The molecule has 0 radical (unpaired) electrons. The second-order valence-electron chi connectivity index (χ2n) is 4.76. The highest BCUT2D eigenvalue weighted by Crippen LogP contribution is 2.35. The lowest BCUT2D eigenvalue weighted by Gasteiger charge is -2.03. The Balaban J connectivity index is 2.17. The second kappa shape index (κ2) is 4.11. The van der Waals surface area contributed by atoms with E-state index in [0.717, 1.165) is 27.5 Å². The van der Waals surface area contributed by atoms with E-state index >= 15 is 0 Å². The molecule has 20 heavy (non-hydrogen) atoms. The van der Waals surface area contributed by atoms with E-state index in [-0.39, 0.29) is 0 Å². The van der Waals surface area contributed by atoms with Crippen molar-refractivity contribution in [1.82, 2.24) is 19.6 Å². The Bertz CT molecular complexity index is 921. The zero-order valence-corrected chi connectivity index (χ0v) is 12.0. The van der Waals surface area contributed by atoms with Gasteiger partial charge in [0.05, 0.1) is 5.39 Å². The number of nitrogens with zero attached hydrogens (tertiary/aromatic N) is 4. The molecule has 0 fully saturated rings. The smallest absolute Gasteiger partial charge is 0.173 e. The molecular formula is C15H12N4S. The van der Waals surface area contributed by atoms with Crippen LogP contribution in [0.1, 0.15) is 11.6 Å². The van der Waals surface area contributed by atoms with Crippen LogP contribution in [0.5, 0.6) is 0 Å². The molecule has 4 nitrogen and oxygen atoms in total. The van der Waals surface area contributed by atoms with Gasteiger partial charge in [-0.15, -0.1) is 21.5 Å². The summed E-state index contributed by atoms with van der Waals surface area (Å²) in [6.07, 6.45) is 0. The second-order valence-corrected chi connectivity index (χ2v) is 5.62. The third-order valence-electron chi connectivity index (χ3n) is 3.49. The van der Waals surface area contributed by atoms with E-state index in [9.17, 15) is 0 Å². The highest BCUT2D eigenvalue weighted by molar-refractivity contribution is 7.17. The van der Waals surface area contributed by atoms with Gasteiger partial charge in [-0.05, 0) is 19.4 Å². The van der Waals surface area contributed by atoms with Gasteiger partial charge in [0.15, 0.2) is 5.65 Å². The molecule has 1 aromatic carbocycles. The molecule has 0 aliphatic rings. The van der Waals surface area contributed by atoms with E-state index in [2.05, 4.69) is 32.7 Å². The van der Waals surface area contributed by atoms with E-state index in [1.54, 1.807) is 11.3 Å². The lowest BCUT2D eigenvalue weighted by molar-refractivity contribution is 0.943. The summed E-state index contributed by atoms with van der Waals surface area (Å²) < 4.78 is 2.02. The molecule has 4 rings (SSSR count). The van der Waals surface area contributed by atoms with Crippen LogP contribution >= 0.6 is 11.3 Å². The summed E-state index contributed by atoms with van der Waals surface area (Å²) in [5.74, 6) is 1.80. The molecular weight excluding hydrogens is 268 g/mol. The first kappa shape index (κ1) is 11.5. The summed E-state index contributed by atoms with van der Waals surface area (Å²) in [5, 5.41) is 11.8. The summed E-state index contributed by atoms with van der Waals surface area (Å²) >= 11 is 1.65. The number of aryl methyl sites for hydroxylation is 2. The van der Waals surface area contributed by atoms with Crippen molar-refractivity contribution in [2.75, 3.05) is 0 Å². The monoisotopic (exact) mass is 280 g/mol. The largest absolute Gasteiger partial charge is 0.266 e. The van der Waals surface area contributed by atoms with Crippen molar-refractivity contribution in [3.63, 3.8) is 0 Å². The van der Waals surface area contributed by atoms with Gasteiger partial charge in [-0.2, -0.15) is 0 Å². The van der Waals surface area contributed by atoms with Crippen LogP contribution in [0.3, 0.4) is 0 Å². The Labute approximate surface area is 119 Å². The fourth-order valence-corrected chi connectivity index (χ4v) is 3.57. The molecule has 98 valence electrons. The summed E-state index contributed by atoms with van der Waals surface area (Å²) in [7, 11) is 0. The molecule has 0 amide bonds.